The highest BCUT2D eigenvalue weighted by molar-refractivity contribution is 7.11. The predicted octanol–water partition coefficient (Wildman–Crippen LogP) is 3.36. The topological polar surface area (TPSA) is 59.4 Å². The first-order chi connectivity index (χ1) is 9.54. The van der Waals surface area contributed by atoms with Crippen LogP contribution in [-0.2, 0) is 17.8 Å². The Balaban J connectivity index is 1.92. The summed E-state index contributed by atoms with van der Waals surface area (Å²) in [4.78, 5) is 15.8. The molecule has 1 heterocycles. The molecule has 2 rings (SSSR count). The van der Waals surface area contributed by atoms with Crippen LogP contribution in [0.25, 0.3) is 0 Å². The van der Waals surface area contributed by atoms with Crippen LogP contribution in [-0.4, -0.2) is 16.1 Å². The number of carbonyl (C=O) groups is 1. The molecule has 0 saturated heterocycles. The number of carboxylic acid groups (broad SMARTS) is 1. The number of aromatic nitrogens is 1. The number of ether oxygens (including phenoxy) is 1. The minimum atomic E-state index is -0.786. The molecular formula is C15H17NO3S. The van der Waals surface area contributed by atoms with Gasteiger partial charge in [-0.2, -0.15) is 0 Å². The number of aryl methyl sites for hydroxylation is 3. The molecule has 0 unspecified atom stereocenters. The van der Waals surface area contributed by atoms with Crippen LogP contribution >= 0.6 is 11.3 Å². The van der Waals surface area contributed by atoms with Crippen molar-refractivity contribution < 1.29 is 14.6 Å². The molecule has 0 saturated carbocycles. The molecular weight excluding hydrogens is 274 g/mol. The monoisotopic (exact) mass is 291 g/mol. The number of benzene rings is 1. The molecule has 2 aromatic rings. The smallest absolute Gasteiger partial charge is 0.303 e. The molecule has 20 heavy (non-hydrogen) atoms. The maximum atomic E-state index is 10.5. The zero-order chi connectivity index (χ0) is 14.5. The number of hydrogen-bond acceptors (Lipinski definition) is 4. The Bertz CT molecular complexity index is 607. The highest BCUT2D eigenvalue weighted by atomic mass is 32.1. The largest absolute Gasteiger partial charge is 0.486 e. The lowest BCUT2D eigenvalue weighted by Gasteiger charge is -2.07. The van der Waals surface area contributed by atoms with Crippen LogP contribution in [0.2, 0.25) is 0 Å². The number of carboxylic acids is 1. The predicted molar refractivity (Wildman–Crippen MR) is 78.3 cm³/mol. The van der Waals surface area contributed by atoms with Gasteiger partial charge in [0.25, 0.3) is 0 Å². The lowest BCUT2D eigenvalue weighted by molar-refractivity contribution is -0.136. The van der Waals surface area contributed by atoms with Crippen molar-refractivity contribution >= 4 is 17.3 Å². The van der Waals surface area contributed by atoms with E-state index in [9.17, 15) is 4.79 Å². The average Bonchev–Trinajstić information content (AvgIpc) is 2.83. The summed E-state index contributed by atoms with van der Waals surface area (Å²) in [6, 6.07) is 6.06. The van der Waals surface area contributed by atoms with Crippen LogP contribution in [0.15, 0.2) is 24.4 Å². The van der Waals surface area contributed by atoms with Gasteiger partial charge in [0.05, 0.1) is 6.42 Å². The quantitative estimate of drug-likeness (QED) is 0.886. The normalized spacial score (nSPS) is 10.5. The van der Waals surface area contributed by atoms with Gasteiger partial charge in [-0.1, -0.05) is 17.7 Å². The van der Waals surface area contributed by atoms with Gasteiger partial charge in [0.15, 0.2) is 0 Å². The van der Waals surface area contributed by atoms with E-state index in [0.29, 0.717) is 13.0 Å². The molecule has 1 N–H and O–H groups in total. The van der Waals surface area contributed by atoms with Gasteiger partial charge in [0, 0.05) is 11.1 Å². The Morgan fingerprint density at radius 3 is 2.90 bits per heavy atom. The second-order valence-corrected chi connectivity index (χ2v) is 5.87. The van der Waals surface area contributed by atoms with Crippen LogP contribution in [0.3, 0.4) is 0 Å². The van der Waals surface area contributed by atoms with Crippen LogP contribution in [0.5, 0.6) is 5.75 Å². The van der Waals surface area contributed by atoms with Crippen LogP contribution in [0.4, 0.5) is 0 Å². The van der Waals surface area contributed by atoms with Crippen LogP contribution in [0.1, 0.15) is 27.4 Å². The summed E-state index contributed by atoms with van der Waals surface area (Å²) in [5, 5.41) is 9.51. The van der Waals surface area contributed by atoms with E-state index < -0.39 is 5.97 Å². The fourth-order valence-corrected chi connectivity index (χ4v) is 2.70. The standard InChI is InChI=1S/C15H17NO3S/c1-10-3-5-13(11(2)7-10)19-9-14-16-8-12(20-14)4-6-15(17)18/h3,5,7-8H,4,6,9H2,1-2H3,(H,17,18). The van der Waals surface area contributed by atoms with Crippen molar-refractivity contribution in [3.8, 4) is 5.75 Å². The van der Waals surface area contributed by atoms with Gasteiger partial charge in [-0.3, -0.25) is 4.79 Å². The molecule has 0 radical (unpaired) electrons. The maximum Gasteiger partial charge on any atom is 0.303 e. The molecule has 1 aromatic carbocycles. The summed E-state index contributed by atoms with van der Waals surface area (Å²) in [6.45, 7) is 4.48. The van der Waals surface area contributed by atoms with Crippen molar-refractivity contribution in [3.63, 3.8) is 0 Å². The van der Waals surface area contributed by atoms with Crippen LogP contribution in [0, 0.1) is 13.8 Å². The molecule has 1 aromatic heterocycles. The number of thiazole rings is 1. The van der Waals surface area contributed by atoms with Gasteiger partial charge < -0.3 is 9.84 Å². The summed E-state index contributed by atoms with van der Waals surface area (Å²) in [5.41, 5.74) is 2.31. The number of rotatable bonds is 6. The summed E-state index contributed by atoms with van der Waals surface area (Å²) < 4.78 is 5.75. The van der Waals surface area contributed by atoms with Crippen molar-refractivity contribution in [1.82, 2.24) is 4.98 Å². The third kappa shape index (κ3) is 4.06. The molecule has 0 atom stereocenters. The van der Waals surface area contributed by atoms with E-state index in [0.717, 1.165) is 21.2 Å². The zero-order valence-corrected chi connectivity index (χ0v) is 12.4. The van der Waals surface area contributed by atoms with E-state index >= 15 is 0 Å². The Kier molecular flexibility index (Phi) is 4.74. The second-order valence-electron chi connectivity index (χ2n) is 4.67. The van der Waals surface area contributed by atoms with Crippen molar-refractivity contribution in [1.29, 1.82) is 0 Å². The molecule has 0 aliphatic heterocycles. The first-order valence-corrected chi connectivity index (χ1v) is 7.21. The molecule has 0 spiro atoms. The minimum Gasteiger partial charge on any atom is -0.486 e. The minimum absolute atomic E-state index is 0.138. The maximum absolute atomic E-state index is 10.5. The van der Waals surface area contributed by atoms with E-state index in [1.807, 2.05) is 26.0 Å². The lowest BCUT2D eigenvalue weighted by atomic mass is 10.1. The third-order valence-corrected chi connectivity index (χ3v) is 3.90. The summed E-state index contributed by atoms with van der Waals surface area (Å²) in [6.07, 6.45) is 2.39. The van der Waals surface area contributed by atoms with Crippen molar-refractivity contribution in [3.05, 3.63) is 45.4 Å². The highest BCUT2D eigenvalue weighted by Crippen LogP contribution is 2.21. The SMILES string of the molecule is Cc1ccc(OCc2ncc(CCC(=O)O)s2)c(C)c1. The van der Waals surface area contributed by atoms with Gasteiger partial charge in [-0.15, -0.1) is 11.3 Å². The van der Waals surface area contributed by atoms with Gasteiger partial charge >= 0.3 is 5.97 Å². The number of nitrogens with zero attached hydrogens (tertiary/aromatic N) is 1. The van der Waals surface area contributed by atoms with E-state index in [-0.39, 0.29) is 6.42 Å². The summed E-state index contributed by atoms with van der Waals surface area (Å²) in [5.74, 6) is 0.0735. The van der Waals surface area contributed by atoms with Crippen LogP contribution < -0.4 is 4.74 Å². The Morgan fingerprint density at radius 1 is 1.40 bits per heavy atom. The fourth-order valence-electron chi connectivity index (χ4n) is 1.86. The molecule has 0 aliphatic rings. The Hall–Kier alpha value is -1.88. The first kappa shape index (κ1) is 14.5. The van der Waals surface area contributed by atoms with E-state index in [4.69, 9.17) is 9.84 Å². The van der Waals surface area contributed by atoms with Crippen molar-refractivity contribution in [2.45, 2.75) is 33.3 Å². The average molecular weight is 291 g/mol. The third-order valence-electron chi connectivity index (χ3n) is 2.87. The van der Waals surface area contributed by atoms with E-state index in [2.05, 4.69) is 11.1 Å². The molecule has 0 aliphatic carbocycles. The Morgan fingerprint density at radius 2 is 2.20 bits per heavy atom. The fraction of sp³-hybridized carbons (Fsp3) is 0.333. The lowest BCUT2D eigenvalue weighted by Crippen LogP contribution is -1.96. The Labute approximate surface area is 122 Å². The molecule has 5 heteroatoms. The number of aliphatic carboxylic acids is 1. The molecule has 106 valence electrons. The van der Waals surface area contributed by atoms with E-state index in [1.54, 1.807) is 6.20 Å². The summed E-state index contributed by atoms with van der Waals surface area (Å²) >= 11 is 1.50. The zero-order valence-electron chi connectivity index (χ0n) is 11.5. The van der Waals surface area contributed by atoms with E-state index in [1.165, 1.54) is 16.9 Å². The molecule has 0 bridgehead atoms. The molecule has 4 nitrogen and oxygen atoms in total. The van der Waals surface area contributed by atoms with Gasteiger partial charge in [-0.05, 0) is 31.9 Å². The number of hydrogen-bond donors (Lipinski definition) is 1. The van der Waals surface area contributed by atoms with Gasteiger partial charge in [-0.25, -0.2) is 4.98 Å². The first-order valence-electron chi connectivity index (χ1n) is 6.40. The van der Waals surface area contributed by atoms with Crippen molar-refractivity contribution in [2.75, 3.05) is 0 Å². The molecule has 0 amide bonds. The van der Waals surface area contributed by atoms with Gasteiger partial charge in [0.1, 0.15) is 17.4 Å². The van der Waals surface area contributed by atoms with Crippen molar-refractivity contribution in [2.24, 2.45) is 0 Å². The van der Waals surface area contributed by atoms with Gasteiger partial charge in [0.2, 0.25) is 0 Å². The summed E-state index contributed by atoms with van der Waals surface area (Å²) in [7, 11) is 0. The highest BCUT2D eigenvalue weighted by Gasteiger charge is 2.06. The molecule has 0 fully saturated rings. The second kappa shape index (κ2) is 6.52.